The molecule has 4 rings (SSSR count). The van der Waals surface area contributed by atoms with E-state index in [1.807, 2.05) is 18.3 Å². The zero-order valence-electron chi connectivity index (χ0n) is 16.5. The van der Waals surface area contributed by atoms with Crippen molar-refractivity contribution in [1.82, 2.24) is 14.5 Å². The van der Waals surface area contributed by atoms with E-state index >= 15 is 0 Å². The molecular formula is C22H25BrFN3O2. The number of nitrogens with zero attached hydrogens (tertiary/aromatic N) is 3. The summed E-state index contributed by atoms with van der Waals surface area (Å²) in [5.74, 6) is 1.61. The van der Waals surface area contributed by atoms with E-state index in [4.69, 9.17) is 14.5 Å². The molecule has 1 aliphatic heterocycles. The SMILES string of the molecule is COc1ccc(CCc2nc3cc(Br)cnc3n2CCC2CCOCC2)cc1F. The van der Waals surface area contributed by atoms with Crippen LogP contribution in [0.1, 0.15) is 30.7 Å². The van der Waals surface area contributed by atoms with Crippen LogP contribution in [-0.4, -0.2) is 34.9 Å². The third kappa shape index (κ3) is 4.78. The first kappa shape index (κ1) is 20.3. The first-order chi connectivity index (χ1) is 14.1. The van der Waals surface area contributed by atoms with Gasteiger partial charge in [-0.2, -0.15) is 0 Å². The van der Waals surface area contributed by atoms with Gasteiger partial charge in [0.2, 0.25) is 0 Å². The van der Waals surface area contributed by atoms with Crippen LogP contribution in [0.5, 0.6) is 5.75 Å². The number of rotatable bonds is 7. The smallest absolute Gasteiger partial charge is 0.165 e. The fraction of sp³-hybridized carbons (Fsp3) is 0.455. The standard InChI is InChI=1S/C22H25BrFN3O2/c1-28-20-4-2-16(12-18(20)24)3-5-21-26-19-13-17(23)14-25-22(19)27(21)9-6-15-7-10-29-11-8-15/h2,4,12-15H,3,5-11H2,1H3. The second kappa shape index (κ2) is 9.22. The molecule has 29 heavy (non-hydrogen) atoms. The summed E-state index contributed by atoms with van der Waals surface area (Å²) in [5.41, 5.74) is 2.74. The van der Waals surface area contributed by atoms with E-state index in [9.17, 15) is 4.39 Å². The molecule has 0 aliphatic carbocycles. The third-order valence-corrected chi connectivity index (χ3v) is 6.02. The largest absolute Gasteiger partial charge is 0.494 e. The molecule has 0 unspecified atom stereocenters. The van der Waals surface area contributed by atoms with Crippen molar-refractivity contribution in [3.8, 4) is 5.75 Å². The van der Waals surface area contributed by atoms with Crippen LogP contribution in [0.25, 0.3) is 11.2 Å². The molecule has 7 heteroatoms. The molecule has 2 aromatic heterocycles. The number of hydrogen-bond acceptors (Lipinski definition) is 4. The van der Waals surface area contributed by atoms with Crippen LogP contribution in [0, 0.1) is 11.7 Å². The second-order valence-electron chi connectivity index (χ2n) is 7.49. The Labute approximate surface area is 178 Å². The summed E-state index contributed by atoms with van der Waals surface area (Å²) < 4.78 is 27.7. The van der Waals surface area contributed by atoms with Crippen LogP contribution in [0.4, 0.5) is 4.39 Å². The molecule has 0 radical (unpaired) electrons. The maximum Gasteiger partial charge on any atom is 0.165 e. The Morgan fingerprint density at radius 1 is 1.24 bits per heavy atom. The molecule has 1 saturated heterocycles. The van der Waals surface area contributed by atoms with Gasteiger partial charge in [-0.1, -0.05) is 6.07 Å². The number of aromatic nitrogens is 3. The molecule has 1 fully saturated rings. The fourth-order valence-electron chi connectivity index (χ4n) is 3.93. The topological polar surface area (TPSA) is 49.2 Å². The van der Waals surface area contributed by atoms with Gasteiger partial charge in [-0.3, -0.25) is 0 Å². The lowest BCUT2D eigenvalue weighted by Crippen LogP contribution is -2.18. The quantitative estimate of drug-likeness (QED) is 0.499. The van der Waals surface area contributed by atoms with Gasteiger partial charge in [0.05, 0.1) is 7.11 Å². The van der Waals surface area contributed by atoms with E-state index in [0.29, 0.717) is 12.3 Å². The minimum atomic E-state index is -0.330. The number of ether oxygens (including phenoxy) is 2. The third-order valence-electron chi connectivity index (χ3n) is 5.59. The summed E-state index contributed by atoms with van der Waals surface area (Å²) in [6.07, 6.45) is 6.59. The Hall–Kier alpha value is -1.99. The number of pyridine rings is 1. The Morgan fingerprint density at radius 2 is 2.07 bits per heavy atom. The summed E-state index contributed by atoms with van der Waals surface area (Å²) in [6.45, 7) is 2.61. The molecule has 154 valence electrons. The van der Waals surface area contributed by atoms with Crippen molar-refractivity contribution >= 4 is 27.1 Å². The second-order valence-corrected chi connectivity index (χ2v) is 8.40. The highest BCUT2D eigenvalue weighted by atomic mass is 79.9. The van der Waals surface area contributed by atoms with E-state index in [2.05, 4.69) is 25.5 Å². The van der Waals surface area contributed by atoms with Crippen LogP contribution in [-0.2, 0) is 24.1 Å². The minimum absolute atomic E-state index is 0.270. The first-order valence-electron chi connectivity index (χ1n) is 10.0. The van der Waals surface area contributed by atoms with Crippen LogP contribution in [0.2, 0.25) is 0 Å². The van der Waals surface area contributed by atoms with Crippen LogP contribution in [0.3, 0.4) is 0 Å². The average molecular weight is 462 g/mol. The summed E-state index contributed by atoms with van der Waals surface area (Å²) in [6, 6.07) is 7.13. The Kier molecular flexibility index (Phi) is 6.45. The van der Waals surface area contributed by atoms with Crippen molar-refractivity contribution in [2.24, 2.45) is 5.92 Å². The Bertz CT molecular complexity index is 986. The zero-order chi connectivity index (χ0) is 20.2. The number of methoxy groups -OCH3 is 1. The van der Waals surface area contributed by atoms with Gasteiger partial charge in [-0.15, -0.1) is 0 Å². The minimum Gasteiger partial charge on any atom is -0.494 e. The molecule has 3 heterocycles. The van der Waals surface area contributed by atoms with Gasteiger partial charge in [0.1, 0.15) is 11.3 Å². The van der Waals surface area contributed by atoms with Crippen LogP contribution >= 0.6 is 15.9 Å². The molecule has 0 atom stereocenters. The van der Waals surface area contributed by atoms with E-state index in [-0.39, 0.29) is 11.6 Å². The van der Waals surface area contributed by atoms with Gasteiger partial charge in [0.15, 0.2) is 17.2 Å². The molecule has 5 nitrogen and oxygen atoms in total. The van der Waals surface area contributed by atoms with E-state index in [1.165, 1.54) is 7.11 Å². The molecule has 1 aromatic carbocycles. The molecule has 1 aliphatic rings. The highest BCUT2D eigenvalue weighted by Crippen LogP contribution is 2.24. The number of halogens is 2. The molecule has 0 spiro atoms. The van der Waals surface area contributed by atoms with Crippen molar-refractivity contribution < 1.29 is 13.9 Å². The van der Waals surface area contributed by atoms with Crippen LogP contribution in [0.15, 0.2) is 34.9 Å². The molecular weight excluding hydrogens is 437 g/mol. The van der Waals surface area contributed by atoms with Gasteiger partial charge < -0.3 is 14.0 Å². The maximum absolute atomic E-state index is 14.0. The fourth-order valence-corrected chi connectivity index (χ4v) is 4.25. The van der Waals surface area contributed by atoms with E-state index in [0.717, 1.165) is 72.5 Å². The summed E-state index contributed by atoms with van der Waals surface area (Å²) in [5, 5.41) is 0. The lowest BCUT2D eigenvalue weighted by Gasteiger charge is -2.22. The van der Waals surface area contributed by atoms with Crippen molar-refractivity contribution in [1.29, 1.82) is 0 Å². The van der Waals surface area contributed by atoms with Crippen LogP contribution < -0.4 is 4.74 Å². The Morgan fingerprint density at radius 3 is 2.83 bits per heavy atom. The molecule has 0 amide bonds. The summed E-state index contributed by atoms with van der Waals surface area (Å²) in [7, 11) is 1.48. The van der Waals surface area contributed by atoms with Gasteiger partial charge in [0, 0.05) is 36.8 Å². The molecule has 0 N–H and O–H groups in total. The lowest BCUT2D eigenvalue weighted by atomic mass is 9.96. The van der Waals surface area contributed by atoms with Crippen molar-refractivity contribution in [3.63, 3.8) is 0 Å². The normalized spacial score (nSPS) is 15.1. The number of imidazole rings is 1. The van der Waals surface area contributed by atoms with Crippen molar-refractivity contribution in [2.75, 3.05) is 20.3 Å². The lowest BCUT2D eigenvalue weighted by molar-refractivity contribution is 0.0626. The monoisotopic (exact) mass is 461 g/mol. The highest BCUT2D eigenvalue weighted by Gasteiger charge is 2.17. The van der Waals surface area contributed by atoms with E-state index in [1.54, 1.807) is 12.1 Å². The molecule has 0 saturated carbocycles. The van der Waals surface area contributed by atoms with Crippen molar-refractivity contribution in [2.45, 2.75) is 38.6 Å². The number of fused-ring (bicyclic) bond motifs is 1. The van der Waals surface area contributed by atoms with Gasteiger partial charge in [-0.05, 0) is 71.3 Å². The zero-order valence-corrected chi connectivity index (χ0v) is 18.1. The van der Waals surface area contributed by atoms with Crippen molar-refractivity contribution in [3.05, 3.63) is 52.1 Å². The van der Waals surface area contributed by atoms with Gasteiger partial charge >= 0.3 is 0 Å². The molecule has 0 bridgehead atoms. The summed E-state index contributed by atoms with van der Waals surface area (Å²) >= 11 is 3.49. The van der Waals surface area contributed by atoms with Gasteiger partial charge in [0.25, 0.3) is 0 Å². The van der Waals surface area contributed by atoms with E-state index < -0.39 is 0 Å². The highest BCUT2D eigenvalue weighted by molar-refractivity contribution is 9.10. The predicted molar refractivity (Wildman–Crippen MR) is 114 cm³/mol. The maximum atomic E-state index is 14.0. The summed E-state index contributed by atoms with van der Waals surface area (Å²) in [4.78, 5) is 9.45. The number of hydrogen-bond donors (Lipinski definition) is 0. The molecule has 3 aromatic rings. The number of benzene rings is 1. The van der Waals surface area contributed by atoms with Gasteiger partial charge in [-0.25, -0.2) is 14.4 Å². The predicted octanol–water partition coefficient (Wildman–Crippen LogP) is 4.94. The number of aryl methyl sites for hydroxylation is 3. The Balaban J connectivity index is 1.54. The average Bonchev–Trinajstić information content (AvgIpc) is 3.08. The first-order valence-corrected chi connectivity index (χ1v) is 10.8.